The van der Waals surface area contributed by atoms with Crippen molar-refractivity contribution in [1.82, 2.24) is 15.0 Å². The molecule has 0 aliphatic carbocycles. The number of benzene rings is 1. The first-order valence-electron chi connectivity index (χ1n) is 8.50. The van der Waals surface area contributed by atoms with Crippen molar-refractivity contribution in [3.63, 3.8) is 0 Å². The molecule has 2 amide bonds. The highest BCUT2D eigenvalue weighted by Crippen LogP contribution is 2.27. The van der Waals surface area contributed by atoms with Gasteiger partial charge in [-0.3, -0.25) is 9.59 Å². The fraction of sp³-hybridized carbons (Fsp3) is 0.0588. The van der Waals surface area contributed by atoms with Gasteiger partial charge in [0.2, 0.25) is 5.91 Å². The number of nitrogens with two attached hydrogens (primary N) is 2. The van der Waals surface area contributed by atoms with Gasteiger partial charge in [0.05, 0.1) is 28.5 Å². The van der Waals surface area contributed by atoms with Crippen molar-refractivity contribution >= 4 is 45.2 Å². The van der Waals surface area contributed by atoms with Crippen LogP contribution in [-0.4, -0.2) is 39.7 Å². The number of nitrogens with one attached hydrogen (secondary N) is 2. The highest BCUT2D eigenvalue weighted by atomic mass is 32.2. The van der Waals surface area contributed by atoms with Crippen molar-refractivity contribution in [1.29, 1.82) is 0 Å². The highest BCUT2D eigenvalue weighted by Gasteiger charge is 2.19. The predicted octanol–water partition coefficient (Wildman–Crippen LogP) is -0.564. The first kappa shape index (κ1) is 21.5. The Morgan fingerprint density at radius 2 is 1.90 bits per heavy atom. The third-order valence-corrected chi connectivity index (χ3v) is 4.65. The largest absolute Gasteiger partial charge is 0.744 e. The lowest BCUT2D eigenvalue weighted by Gasteiger charge is -2.15. The van der Waals surface area contributed by atoms with Crippen LogP contribution in [0.5, 0.6) is 0 Å². The minimum Gasteiger partial charge on any atom is -0.744 e. The molecule has 0 saturated carbocycles. The highest BCUT2D eigenvalue weighted by molar-refractivity contribution is 7.86. The number of amides is 2. The zero-order chi connectivity index (χ0) is 22.8. The summed E-state index contributed by atoms with van der Waals surface area (Å²) in [4.78, 5) is 33.9. The van der Waals surface area contributed by atoms with E-state index in [9.17, 15) is 22.6 Å². The second-order valence-corrected chi connectivity index (χ2v) is 7.50. The Labute approximate surface area is 175 Å². The van der Waals surface area contributed by atoms with Gasteiger partial charge in [-0.1, -0.05) is 0 Å². The van der Waals surface area contributed by atoms with Crippen molar-refractivity contribution in [3.8, 4) is 5.95 Å². The molecule has 31 heavy (non-hydrogen) atoms. The van der Waals surface area contributed by atoms with E-state index in [1.807, 2.05) is 0 Å². The van der Waals surface area contributed by atoms with E-state index in [0.29, 0.717) is 0 Å². The molecule has 160 valence electrons. The van der Waals surface area contributed by atoms with Gasteiger partial charge in [0.25, 0.3) is 5.91 Å². The summed E-state index contributed by atoms with van der Waals surface area (Å²) in [7, 11) is -4.92. The quantitative estimate of drug-likeness (QED) is 0.281. The van der Waals surface area contributed by atoms with E-state index >= 15 is 0 Å². The third kappa shape index (κ3) is 5.26. The normalized spacial score (nSPS) is 11.0. The van der Waals surface area contributed by atoms with Gasteiger partial charge in [-0.2, -0.15) is 0 Å². The topological polar surface area (TPSA) is 210 Å². The van der Waals surface area contributed by atoms with Crippen LogP contribution in [0, 0.1) is 0 Å². The average Bonchev–Trinajstić information content (AvgIpc) is 2.67. The zero-order valence-corrected chi connectivity index (χ0v) is 16.8. The van der Waals surface area contributed by atoms with Crippen molar-refractivity contribution in [2.75, 3.05) is 16.4 Å². The van der Waals surface area contributed by atoms with Crippen LogP contribution >= 0.6 is 0 Å². The van der Waals surface area contributed by atoms with Gasteiger partial charge in [0.1, 0.15) is 10.1 Å². The molecule has 2 aromatic heterocycles. The lowest BCUT2D eigenvalue weighted by Crippen LogP contribution is -2.35. The first-order valence-corrected chi connectivity index (χ1v) is 9.91. The minimum atomic E-state index is -4.92. The van der Waals surface area contributed by atoms with E-state index in [1.54, 1.807) is 0 Å². The molecule has 3 aromatic rings. The third-order valence-electron chi connectivity index (χ3n) is 3.77. The maximum atomic E-state index is 11.7. The standard InChI is InChI=1S/C17H16N8O5S/c1-9(26)20-11-4-5-12(13(7-11)31(28,29)30)21-16-22-15(19)23-17(24-16)25-6-2-3-10(8-25)14(18)27/h2-8H,1H3,(H6-,18,19,20,21,22,23,24,26,27,28,29,30). The Kier molecular flexibility index (Phi) is 5.76. The Balaban J connectivity index is 2.03. The number of rotatable bonds is 6. The van der Waals surface area contributed by atoms with Gasteiger partial charge < -0.3 is 26.7 Å². The number of carbonyl (C=O) groups excluding carboxylic acids is 2. The van der Waals surface area contributed by atoms with Gasteiger partial charge in [-0.05, 0) is 40.3 Å². The maximum Gasteiger partial charge on any atom is 0.444 e. The summed E-state index contributed by atoms with van der Waals surface area (Å²) in [5, 5.41) is 5.00. The number of carbonyl (C=O) groups is 2. The molecule has 0 saturated heterocycles. The molecule has 0 spiro atoms. The fourth-order valence-corrected chi connectivity index (χ4v) is 3.19. The van der Waals surface area contributed by atoms with Crippen molar-refractivity contribution in [3.05, 3.63) is 48.3 Å². The molecule has 1 aromatic carbocycles. The number of hydrogen-bond donors (Lipinski definition) is 4. The molecule has 2 heterocycles. The molecule has 0 atom stereocenters. The van der Waals surface area contributed by atoms with E-state index in [1.165, 1.54) is 48.1 Å². The summed E-state index contributed by atoms with van der Waals surface area (Å²) in [5.74, 6) is -1.50. The van der Waals surface area contributed by atoms with Crippen LogP contribution in [0.4, 0.5) is 23.3 Å². The summed E-state index contributed by atoms with van der Waals surface area (Å²) < 4.78 is 36.5. The van der Waals surface area contributed by atoms with Gasteiger partial charge in [0.15, 0.2) is 0 Å². The Morgan fingerprint density at radius 1 is 1.16 bits per heavy atom. The lowest BCUT2D eigenvalue weighted by molar-refractivity contribution is -0.603. The van der Waals surface area contributed by atoms with E-state index in [2.05, 4.69) is 25.6 Å². The molecular formula is C17H16N8O5S. The number of nitrogens with zero attached hydrogens (tertiary/aromatic N) is 4. The van der Waals surface area contributed by atoms with Crippen LogP contribution in [0.15, 0.2) is 47.6 Å². The molecular weight excluding hydrogens is 428 g/mol. The molecule has 0 fully saturated rings. The zero-order valence-electron chi connectivity index (χ0n) is 15.9. The molecule has 14 heteroatoms. The SMILES string of the molecule is CC(=O)Nc1ccc(Nc2nc(N)nc(-[n+]3cccc(C(N)=O)c3)n2)c(S(=O)(=O)[O-])c1. The molecule has 0 radical (unpaired) electrons. The van der Waals surface area contributed by atoms with Gasteiger partial charge in [-0.15, -0.1) is 4.98 Å². The summed E-state index contributed by atoms with van der Waals surface area (Å²) >= 11 is 0. The summed E-state index contributed by atoms with van der Waals surface area (Å²) in [6.45, 7) is 1.23. The number of nitrogen functional groups attached to an aromatic ring is 1. The average molecular weight is 444 g/mol. The van der Waals surface area contributed by atoms with Crippen molar-refractivity contribution in [2.45, 2.75) is 11.8 Å². The second kappa shape index (κ2) is 8.29. The molecule has 0 aliphatic heterocycles. The van der Waals surface area contributed by atoms with Crippen LogP contribution in [0.2, 0.25) is 0 Å². The number of anilines is 4. The molecule has 6 N–H and O–H groups in total. The molecule has 13 nitrogen and oxygen atoms in total. The smallest absolute Gasteiger partial charge is 0.444 e. The summed E-state index contributed by atoms with van der Waals surface area (Å²) in [6.07, 6.45) is 2.90. The number of primary amides is 1. The van der Waals surface area contributed by atoms with Crippen LogP contribution in [-0.2, 0) is 14.9 Å². The lowest BCUT2D eigenvalue weighted by atomic mass is 10.2. The fourth-order valence-electron chi connectivity index (χ4n) is 2.53. The van der Waals surface area contributed by atoms with E-state index < -0.39 is 26.8 Å². The first-order chi connectivity index (χ1) is 14.5. The molecule has 0 bridgehead atoms. The maximum absolute atomic E-state index is 11.7. The van der Waals surface area contributed by atoms with Crippen molar-refractivity contribution in [2.24, 2.45) is 5.73 Å². The van der Waals surface area contributed by atoms with Crippen LogP contribution in [0.1, 0.15) is 17.3 Å². The summed E-state index contributed by atoms with van der Waals surface area (Å²) in [6, 6.07) is 6.68. The number of hydrogen-bond acceptors (Lipinski definition) is 10. The van der Waals surface area contributed by atoms with Gasteiger partial charge >= 0.3 is 17.8 Å². The number of pyridine rings is 1. The van der Waals surface area contributed by atoms with Crippen molar-refractivity contribution < 1.29 is 27.1 Å². The Morgan fingerprint density at radius 3 is 2.55 bits per heavy atom. The van der Waals surface area contributed by atoms with Gasteiger partial charge in [0, 0.05) is 12.6 Å². The van der Waals surface area contributed by atoms with E-state index in [4.69, 9.17) is 11.5 Å². The monoisotopic (exact) mass is 444 g/mol. The van der Waals surface area contributed by atoms with Crippen LogP contribution in [0.25, 0.3) is 5.95 Å². The van der Waals surface area contributed by atoms with Crippen LogP contribution < -0.4 is 26.7 Å². The molecule has 3 rings (SSSR count). The van der Waals surface area contributed by atoms with Gasteiger partial charge in [-0.25, -0.2) is 13.0 Å². The Hall–Kier alpha value is -4.17. The molecule has 0 aliphatic rings. The summed E-state index contributed by atoms with van der Waals surface area (Å²) in [5.41, 5.74) is 11.1. The Bertz CT molecular complexity index is 1300. The minimum absolute atomic E-state index is 0.000466. The van der Waals surface area contributed by atoms with E-state index in [0.717, 1.165) is 6.07 Å². The predicted molar refractivity (Wildman–Crippen MR) is 106 cm³/mol. The van der Waals surface area contributed by atoms with Crippen LogP contribution in [0.3, 0.4) is 0 Å². The second-order valence-electron chi connectivity index (χ2n) is 6.15. The number of aromatic nitrogens is 4. The van der Waals surface area contributed by atoms with E-state index in [-0.39, 0.29) is 34.8 Å². The molecule has 0 unspecified atom stereocenters.